The number of thiazole rings is 1. The summed E-state index contributed by atoms with van der Waals surface area (Å²) < 4.78 is 0. The predicted octanol–water partition coefficient (Wildman–Crippen LogP) is 3.24. The van der Waals surface area contributed by atoms with E-state index in [1.165, 1.54) is 11.3 Å². The number of hydrogen-bond donors (Lipinski definition) is 2. The minimum absolute atomic E-state index is 0.221. The minimum atomic E-state index is -1.07. The van der Waals surface area contributed by atoms with Gasteiger partial charge in [-0.1, -0.05) is 60.7 Å². The zero-order valence-electron chi connectivity index (χ0n) is 13.3. The molecule has 6 heteroatoms. The lowest BCUT2D eigenvalue weighted by atomic mass is 10.1. The number of carboxylic acids is 1. The van der Waals surface area contributed by atoms with Crippen molar-refractivity contribution in [3.8, 4) is 11.3 Å². The van der Waals surface area contributed by atoms with Gasteiger partial charge in [0, 0.05) is 17.4 Å². The van der Waals surface area contributed by atoms with E-state index in [2.05, 4.69) is 10.3 Å². The average molecular weight is 352 g/mol. The maximum atomic E-state index is 12.4. The maximum absolute atomic E-state index is 12.4. The molecule has 0 aliphatic rings. The van der Waals surface area contributed by atoms with Crippen LogP contribution in [0.1, 0.15) is 15.4 Å². The maximum Gasteiger partial charge on any atom is 0.326 e. The van der Waals surface area contributed by atoms with E-state index in [0.717, 1.165) is 11.1 Å². The molecule has 0 saturated heterocycles. The van der Waals surface area contributed by atoms with Gasteiger partial charge in [-0.25, -0.2) is 9.78 Å². The highest BCUT2D eigenvalue weighted by Crippen LogP contribution is 2.21. The van der Waals surface area contributed by atoms with Gasteiger partial charge >= 0.3 is 5.97 Å². The monoisotopic (exact) mass is 352 g/mol. The summed E-state index contributed by atoms with van der Waals surface area (Å²) in [6.45, 7) is 0. The Bertz CT molecular complexity index is 863. The van der Waals surface area contributed by atoms with Crippen molar-refractivity contribution in [2.75, 3.05) is 0 Å². The number of amides is 1. The number of aliphatic carboxylic acids is 1. The lowest BCUT2D eigenvalue weighted by Crippen LogP contribution is -2.42. The summed E-state index contributed by atoms with van der Waals surface area (Å²) in [7, 11) is 0. The molecule has 1 aromatic heterocycles. The second-order valence-corrected chi connectivity index (χ2v) is 6.32. The summed E-state index contributed by atoms with van der Waals surface area (Å²) in [5.41, 5.74) is 2.46. The van der Waals surface area contributed by atoms with Gasteiger partial charge in [-0.3, -0.25) is 4.79 Å². The molecule has 3 aromatic rings. The van der Waals surface area contributed by atoms with E-state index < -0.39 is 17.9 Å². The van der Waals surface area contributed by atoms with Crippen LogP contribution in [0, 0.1) is 0 Å². The van der Waals surface area contributed by atoms with Gasteiger partial charge in [0.05, 0.1) is 5.69 Å². The first kappa shape index (κ1) is 16.9. The number of carboxylic acid groups (broad SMARTS) is 1. The van der Waals surface area contributed by atoms with E-state index in [1.807, 2.05) is 60.7 Å². The molecule has 0 aliphatic carbocycles. The van der Waals surface area contributed by atoms with Crippen molar-refractivity contribution in [2.24, 2.45) is 0 Å². The van der Waals surface area contributed by atoms with Crippen molar-refractivity contribution in [3.63, 3.8) is 0 Å². The van der Waals surface area contributed by atoms with Crippen LogP contribution in [0.2, 0.25) is 0 Å². The number of nitrogens with zero attached hydrogens (tertiary/aromatic N) is 1. The smallest absolute Gasteiger partial charge is 0.326 e. The van der Waals surface area contributed by atoms with Crippen LogP contribution in [0.3, 0.4) is 0 Å². The van der Waals surface area contributed by atoms with Gasteiger partial charge in [-0.2, -0.15) is 0 Å². The number of aromatic nitrogens is 1. The van der Waals surface area contributed by atoms with E-state index in [4.69, 9.17) is 0 Å². The number of carbonyl (C=O) groups excluding carboxylic acids is 1. The van der Waals surface area contributed by atoms with Crippen LogP contribution in [0.4, 0.5) is 0 Å². The van der Waals surface area contributed by atoms with Crippen LogP contribution in [-0.2, 0) is 11.2 Å². The Morgan fingerprint density at radius 2 is 1.68 bits per heavy atom. The molecule has 0 fully saturated rings. The molecule has 1 unspecified atom stereocenters. The van der Waals surface area contributed by atoms with Gasteiger partial charge in [0.25, 0.3) is 5.91 Å². The van der Waals surface area contributed by atoms with Gasteiger partial charge in [-0.05, 0) is 5.56 Å². The Kier molecular flexibility index (Phi) is 5.20. The van der Waals surface area contributed by atoms with Crippen molar-refractivity contribution in [2.45, 2.75) is 12.5 Å². The second kappa shape index (κ2) is 7.72. The van der Waals surface area contributed by atoms with Gasteiger partial charge < -0.3 is 10.4 Å². The number of rotatable bonds is 6. The molecule has 2 N–H and O–H groups in total. The van der Waals surface area contributed by atoms with Crippen LogP contribution in [0.5, 0.6) is 0 Å². The fourth-order valence-electron chi connectivity index (χ4n) is 2.39. The SMILES string of the molecule is O=C(NC(Cc1ccccc1)C(=O)O)c1nc(-c2ccccc2)cs1. The molecule has 126 valence electrons. The van der Waals surface area contributed by atoms with Crippen molar-refractivity contribution in [1.29, 1.82) is 0 Å². The fraction of sp³-hybridized carbons (Fsp3) is 0.105. The van der Waals surface area contributed by atoms with E-state index in [1.54, 1.807) is 5.38 Å². The molecular formula is C19H16N2O3S. The lowest BCUT2D eigenvalue weighted by Gasteiger charge is -2.13. The van der Waals surface area contributed by atoms with Gasteiger partial charge in [-0.15, -0.1) is 11.3 Å². The Balaban J connectivity index is 1.72. The first-order valence-electron chi connectivity index (χ1n) is 7.72. The van der Waals surface area contributed by atoms with E-state index in [0.29, 0.717) is 5.69 Å². The Labute approximate surface area is 149 Å². The Morgan fingerprint density at radius 3 is 2.32 bits per heavy atom. The lowest BCUT2D eigenvalue weighted by molar-refractivity contribution is -0.139. The molecular weight excluding hydrogens is 336 g/mol. The normalized spacial score (nSPS) is 11.7. The summed E-state index contributed by atoms with van der Waals surface area (Å²) >= 11 is 1.20. The van der Waals surface area contributed by atoms with Crippen LogP contribution in [0.25, 0.3) is 11.3 Å². The highest BCUT2D eigenvalue weighted by Gasteiger charge is 2.22. The van der Waals surface area contributed by atoms with Crippen LogP contribution < -0.4 is 5.32 Å². The molecule has 0 saturated carbocycles. The standard InChI is InChI=1S/C19H16N2O3S/c22-17(18-21-16(12-25-18)14-9-5-2-6-10-14)20-15(19(23)24)11-13-7-3-1-4-8-13/h1-10,12,15H,11H2,(H,20,22)(H,23,24). The van der Waals surface area contributed by atoms with Gasteiger partial charge in [0.1, 0.15) is 6.04 Å². The van der Waals surface area contributed by atoms with E-state index in [9.17, 15) is 14.7 Å². The minimum Gasteiger partial charge on any atom is -0.480 e. The van der Waals surface area contributed by atoms with Crippen LogP contribution in [0.15, 0.2) is 66.0 Å². The summed E-state index contributed by atoms with van der Waals surface area (Å²) in [4.78, 5) is 28.1. The Hall–Kier alpha value is -2.99. The predicted molar refractivity (Wildman–Crippen MR) is 96.6 cm³/mol. The molecule has 5 nitrogen and oxygen atoms in total. The largest absolute Gasteiger partial charge is 0.480 e. The molecule has 2 aromatic carbocycles. The number of benzene rings is 2. The molecule has 0 radical (unpaired) electrons. The topological polar surface area (TPSA) is 79.3 Å². The molecule has 25 heavy (non-hydrogen) atoms. The second-order valence-electron chi connectivity index (χ2n) is 5.46. The molecule has 1 amide bonds. The molecule has 1 atom stereocenters. The summed E-state index contributed by atoms with van der Waals surface area (Å²) in [5, 5.41) is 14.0. The van der Waals surface area contributed by atoms with Gasteiger partial charge in [0.15, 0.2) is 5.01 Å². The average Bonchev–Trinajstić information content (AvgIpc) is 3.13. The zero-order valence-corrected chi connectivity index (χ0v) is 14.1. The summed E-state index contributed by atoms with van der Waals surface area (Å²) in [6.07, 6.45) is 0.221. The van der Waals surface area contributed by atoms with Gasteiger partial charge in [0.2, 0.25) is 0 Å². The summed E-state index contributed by atoms with van der Waals surface area (Å²) in [5.74, 6) is -1.55. The first-order chi connectivity index (χ1) is 12.1. The van der Waals surface area contributed by atoms with E-state index >= 15 is 0 Å². The third-order valence-electron chi connectivity index (χ3n) is 3.65. The third-order valence-corrected chi connectivity index (χ3v) is 4.50. The summed E-state index contributed by atoms with van der Waals surface area (Å²) in [6, 6.07) is 17.7. The van der Waals surface area contributed by atoms with Crippen LogP contribution in [-0.4, -0.2) is 28.0 Å². The molecule has 0 spiro atoms. The van der Waals surface area contributed by atoms with Crippen molar-refractivity contribution < 1.29 is 14.7 Å². The third kappa shape index (κ3) is 4.30. The molecule has 0 bridgehead atoms. The Morgan fingerprint density at radius 1 is 1.04 bits per heavy atom. The van der Waals surface area contributed by atoms with Crippen LogP contribution >= 0.6 is 11.3 Å². The number of hydrogen-bond acceptors (Lipinski definition) is 4. The molecule has 1 heterocycles. The van der Waals surface area contributed by atoms with E-state index in [-0.39, 0.29) is 11.4 Å². The zero-order chi connectivity index (χ0) is 17.6. The highest BCUT2D eigenvalue weighted by molar-refractivity contribution is 7.12. The van der Waals surface area contributed by atoms with Crippen molar-refractivity contribution >= 4 is 23.2 Å². The number of carbonyl (C=O) groups is 2. The van der Waals surface area contributed by atoms with Crippen molar-refractivity contribution in [1.82, 2.24) is 10.3 Å². The quantitative estimate of drug-likeness (QED) is 0.714. The molecule has 0 aliphatic heterocycles. The fourth-order valence-corrected chi connectivity index (χ4v) is 3.12. The number of nitrogens with one attached hydrogen (secondary N) is 1. The first-order valence-corrected chi connectivity index (χ1v) is 8.60. The molecule has 3 rings (SSSR count). The van der Waals surface area contributed by atoms with Crippen molar-refractivity contribution in [3.05, 3.63) is 76.6 Å². The highest BCUT2D eigenvalue weighted by atomic mass is 32.1.